The molecule has 2 aromatic heterocycles. The molecule has 6 nitrogen and oxygen atoms in total. The minimum atomic E-state index is 0.386. The van der Waals surface area contributed by atoms with Crippen LogP contribution in [0, 0.1) is 10.8 Å². The summed E-state index contributed by atoms with van der Waals surface area (Å²) in [5, 5.41) is 17.6. The Hall–Kier alpha value is -4.06. The third-order valence-corrected chi connectivity index (χ3v) is 6.24. The molecule has 0 fully saturated rings. The van der Waals surface area contributed by atoms with Gasteiger partial charge in [0.25, 0.3) is 0 Å². The molecule has 2 heterocycles. The van der Waals surface area contributed by atoms with Crippen molar-refractivity contribution in [3.63, 3.8) is 0 Å². The van der Waals surface area contributed by atoms with Crippen LogP contribution in [0.25, 0.3) is 22.2 Å². The van der Waals surface area contributed by atoms with Crippen molar-refractivity contribution in [2.75, 3.05) is 11.5 Å². The number of nitrogen functional groups attached to an aromatic ring is 2. The van der Waals surface area contributed by atoms with E-state index in [1.165, 1.54) is 17.3 Å². The number of nitrogens with two attached hydrogens (primary N) is 2. The maximum absolute atomic E-state index is 8.93. The average Bonchev–Trinajstić information content (AvgIpc) is 2.84. The number of benzene rings is 2. The fourth-order valence-corrected chi connectivity index (χ4v) is 4.66. The fraction of sp³-hybridized carbons (Fsp3) is 0.154. The van der Waals surface area contributed by atoms with Crippen LogP contribution >= 0.6 is 0 Å². The smallest absolute Gasteiger partial charge is 0.0744 e. The van der Waals surface area contributed by atoms with E-state index < -0.39 is 0 Å². The lowest BCUT2D eigenvalue weighted by atomic mass is 9.83. The molecule has 0 bridgehead atoms. The minimum Gasteiger partial charge on any atom is -0.398 e. The summed E-state index contributed by atoms with van der Waals surface area (Å²) in [6.45, 7) is 0. The van der Waals surface area contributed by atoms with Crippen LogP contribution in [0.4, 0.5) is 11.4 Å². The van der Waals surface area contributed by atoms with Crippen molar-refractivity contribution in [1.82, 2.24) is 9.97 Å². The number of nitrogens with zero attached hydrogens (tertiary/aromatic N) is 2. The molecule has 0 saturated heterocycles. The lowest BCUT2D eigenvalue weighted by molar-refractivity contribution is 0.689. The van der Waals surface area contributed by atoms with Gasteiger partial charge in [0.2, 0.25) is 0 Å². The Morgan fingerprint density at radius 2 is 1.62 bits per heavy atom. The predicted molar refractivity (Wildman–Crippen MR) is 131 cm³/mol. The Morgan fingerprint density at radius 1 is 0.906 bits per heavy atom. The van der Waals surface area contributed by atoms with Crippen molar-refractivity contribution in [2.24, 2.45) is 0 Å². The molecule has 0 radical (unpaired) electrons. The molecule has 2 aromatic carbocycles. The van der Waals surface area contributed by atoms with Crippen LogP contribution in [0.5, 0.6) is 0 Å². The Morgan fingerprint density at radius 3 is 2.38 bits per heavy atom. The second kappa shape index (κ2) is 7.89. The summed E-state index contributed by atoms with van der Waals surface area (Å²) < 4.78 is 0. The van der Waals surface area contributed by atoms with Crippen molar-refractivity contribution in [3.8, 4) is 11.3 Å². The molecule has 1 aliphatic rings. The van der Waals surface area contributed by atoms with Gasteiger partial charge >= 0.3 is 0 Å². The van der Waals surface area contributed by atoms with E-state index in [0.717, 1.165) is 59.0 Å². The van der Waals surface area contributed by atoms with Crippen LogP contribution in [-0.4, -0.2) is 21.9 Å². The van der Waals surface area contributed by atoms with Gasteiger partial charge in [-0.25, -0.2) is 4.98 Å². The van der Waals surface area contributed by atoms with E-state index in [0.29, 0.717) is 22.6 Å². The number of hydrogen-bond donors (Lipinski definition) is 4. The quantitative estimate of drug-likeness (QED) is 0.281. The number of nitrogens with one attached hydrogen (secondary N) is 2. The lowest BCUT2D eigenvalue weighted by Gasteiger charge is -2.24. The van der Waals surface area contributed by atoms with E-state index in [2.05, 4.69) is 4.98 Å². The van der Waals surface area contributed by atoms with Gasteiger partial charge in [-0.15, -0.1) is 0 Å². The maximum Gasteiger partial charge on any atom is 0.0744 e. The highest BCUT2D eigenvalue weighted by Crippen LogP contribution is 2.39. The number of hydrogen-bond acceptors (Lipinski definition) is 6. The average molecular weight is 421 g/mol. The Balaban J connectivity index is 1.80. The summed E-state index contributed by atoms with van der Waals surface area (Å²) in [5.41, 5.74) is 21.4. The van der Waals surface area contributed by atoms with E-state index in [-0.39, 0.29) is 0 Å². The molecule has 32 heavy (non-hydrogen) atoms. The summed E-state index contributed by atoms with van der Waals surface area (Å²) in [6, 6.07) is 13.2. The van der Waals surface area contributed by atoms with Crippen molar-refractivity contribution in [1.29, 1.82) is 10.8 Å². The van der Waals surface area contributed by atoms with Gasteiger partial charge in [0.05, 0.1) is 16.9 Å². The number of anilines is 2. The molecule has 4 aromatic rings. The molecule has 1 aliphatic carbocycles. The molecule has 0 atom stereocenters. The first kappa shape index (κ1) is 19.9. The van der Waals surface area contributed by atoms with Gasteiger partial charge in [0, 0.05) is 57.6 Å². The minimum absolute atomic E-state index is 0.386. The number of pyridine rings is 2. The normalized spacial score (nSPS) is 13.0. The van der Waals surface area contributed by atoms with Crippen molar-refractivity contribution < 1.29 is 0 Å². The van der Waals surface area contributed by atoms with Gasteiger partial charge in [-0.2, -0.15) is 0 Å². The number of aromatic nitrogens is 2. The van der Waals surface area contributed by atoms with Gasteiger partial charge in [-0.05, 0) is 73.2 Å². The van der Waals surface area contributed by atoms with Gasteiger partial charge in [-0.3, -0.25) is 10.4 Å². The van der Waals surface area contributed by atoms with E-state index >= 15 is 0 Å². The van der Waals surface area contributed by atoms with Crippen LogP contribution in [0.2, 0.25) is 0 Å². The molecular formula is C26H24N6. The van der Waals surface area contributed by atoms with Gasteiger partial charge < -0.3 is 16.9 Å². The molecule has 158 valence electrons. The highest BCUT2D eigenvalue weighted by atomic mass is 14.7. The zero-order chi connectivity index (χ0) is 22.2. The Labute approximate surface area is 186 Å². The molecule has 5 rings (SSSR count). The highest BCUT2D eigenvalue weighted by molar-refractivity contribution is 6.21. The third-order valence-electron chi connectivity index (χ3n) is 6.24. The maximum atomic E-state index is 8.93. The molecule has 0 unspecified atom stereocenters. The highest BCUT2D eigenvalue weighted by Gasteiger charge is 2.24. The second-order valence-electron chi connectivity index (χ2n) is 8.15. The van der Waals surface area contributed by atoms with Gasteiger partial charge in [0.1, 0.15) is 0 Å². The van der Waals surface area contributed by atoms with Crippen LogP contribution in [0.3, 0.4) is 0 Å². The zero-order valence-electron chi connectivity index (χ0n) is 17.7. The van der Waals surface area contributed by atoms with Crippen LogP contribution in [-0.2, 0) is 12.8 Å². The van der Waals surface area contributed by atoms with Crippen molar-refractivity contribution in [2.45, 2.75) is 25.7 Å². The SMILES string of the molecule is N=Cc1cc(-c2nc3ccc(N)c(C(=N)c4ccncc4)c3c3c2CCCC3)ccc1N. The van der Waals surface area contributed by atoms with Crippen LogP contribution < -0.4 is 11.5 Å². The Kier molecular flexibility index (Phi) is 4.90. The third kappa shape index (κ3) is 3.21. The van der Waals surface area contributed by atoms with E-state index in [9.17, 15) is 0 Å². The van der Waals surface area contributed by atoms with E-state index in [4.69, 9.17) is 27.3 Å². The molecule has 6 heteroatoms. The largest absolute Gasteiger partial charge is 0.398 e. The summed E-state index contributed by atoms with van der Waals surface area (Å²) in [6.07, 6.45) is 8.71. The molecule has 6 N–H and O–H groups in total. The standard InChI is InChI=1S/C26H24N6/c27-14-17-13-16(5-6-20(17)28)26-19-4-2-1-3-18(19)23-22(32-26)8-7-21(29)24(23)25(30)15-9-11-31-12-10-15/h5-14,27,30H,1-4,28-29H2. The number of rotatable bonds is 4. The summed E-state index contributed by atoms with van der Waals surface area (Å²) in [7, 11) is 0. The monoisotopic (exact) mass is 420 g/mol. The molecule has 0 saturated carbocycles. The fourth-order valence-electron chi connectivity index (χ4n) is 4.66. The van der Waals surface area contributed by atoms with Crippen molar-refractivity contribution in [3.05, 3.63) is 82.7 Å². The molecule has 0 spiro atoms. The summed E-state index contributed by atoms with van der Waals surface area (Å²) >= 11 is 0. The molecule has 0 aliphatic heterocycles. The number of fused-ring (bicyclic) bond motifs is 3. The predicted octanol–water partition coefficient (Wildman–Crippen LogP) is 4.75. The van der Waals surface area contributed by atoms with Gasteiger partial charge in [-0.1, -0.05) is 6.07 Å². The first-order valence-corrected chi connectivity index (χ1v) is 10.7. The Bertz CT molecular complexity index is 1370. The molecular weight excluding hydrogens is 396 g/mol. The topological polar surface area (TPSA) is 126 Å². The van der Waals surface area contributed by atoms with Gasteiger partial charge in [0.15, 0.2) is 0 Å². The van der Waals surface area contributed by atoms with Crippen LogP contribution in [0.15, 0.2) is 54.9 Å². The van der Waals surface area contributed by atoms with E-state index in [1.807, 2.05) is 42.5 Å². The summed E-state index contributed by atoms with van der Waals surface area (Å²) in [5.74, 6) is 0. The van der Waals surface area contributed by atoms with E-state index in [1.54, 1.807) is 12.4 Å². The molecule has 0 amide bonds. The lowest BCUT2D eigenvalue weighted by Crippen LogP contribution is -2.13. The first-order valence-electron chi connectivity index (χ1n) is 10.7. The summed E-state index contributed by atoms with van der Waals surface area (Å²) in [4.78, 5) is 9.14. The first-order chi connectivity index (χ1) is 15.6. The van der Waals surface area contributed by atoms with Crippen molar-refractivity contribution >= 4 is 34.2 Å². The zero-order valence-corrected chi connectivity index (χ0v) is 17.7. The number of aryl methyl sites for hydroxylation is 1. The van der Waals surface area contributed by atoms with Crippen LogP contribution in [0.1, 0.15) is 40.7 Å². The second-order valence-corrected chi connectivity index (χ2v) is 8.15.